The lowest BCUT2D eigenvalue weighted by Crippen LogP contribution is -2.42. The van der Waals surface area contributed by atoms with Crippen molar-refractivity contribution in [2.75, 3.05) is 6.54 Å². The fourth-order valence-corrected chi connectivity index (χ4v) is 3.44. The van der Waals surface area contributed by atoms with Gasteiger partial charge in [0.25, 0.3) is 0 Å². The predicted octanol–water partition coefficient (Wildman–Crippen LogP) is 3.99. The summed E-state index contributed by atoms with van der Waals surface area (Å²) in [6, 6.07) is 9.74. The van der Waals surface area contributed by atoms with Crippen LogP contribution in [-0.4, -0.2) is 23.5 Å². The largest absolute Gasteiger partial charge is 0.328 e. The second-order valence-electron chi connectivity index (χ2n) is 5.63. The molecule has 0 heterocycles. The molecule has 2 nitrogen and oxygen atoms in total. The molecule has 0 amide bonds. The summed E-state index contributed by atoms with van der Waals surface area (Å²) in [6.07, 6.45) is 4.76. The quantitative estimate of drug-likeness (QED) is 0.903. The maximum Gasteiger partial charge on any atom is 0.0409 e. The smallest absolute Gasteiger partial charge is 0.0409 e. The Morgan fingerprint density at radius 3 is 2.58 bits per heavy atom. The summed E-state index contributed by atoms with van der Waals surface area (Å²) in [5, 5.41) is 0.825. The molecule has 2 rings (SSSR count). The molecular formula is C16H25ClN2. The lowest BCUT2D eigenvalue weighted by Gasteiger charge is -2.39. The molecule has 106 valence electrons. The Labute approximate surface area is 121 Å². The van der Waals surface area contributed by atoms with Gasteiger partial charge in [-0.3, -0.25) is 4.90 Å². The van der Waals surface area contributed by atoms with Crippen LogP contribution in [0.15, 0.2) is 24.3 Å². The number of nitrogens with two attached hydrogens (primary N) is 1. The first-order chi connectivity index (χ1) is 9.11. The molecule has 1 aromatic carbocycles. The molecule has 1 unspecified atom stereocenters. The molecule has 1 fully saturated rings. The lowest BCUT2D eigenvalue weighted by atomic mass is 9.89. The number of hydrogen-bond donors (Lipinski definition) is 1. The fourth-order valence-electron chi connectivity index (χ4n) is 3.24. The first-order valence-corrected chi connectivity index (χ1v) is 7.76. The Morgan fingerprint density at radius 2 is 2.00 bits per heavy atom. The van der Waals surface area contributed by atoms with Crippen molar-refractivity contribution in [2.24, 2.45) is 5.73 Å². The van der Waals surface area contributed by atoms with Crippen molar-refractivity contribution in [1.29, 1.82) is 0 Å². The van der Waals surface area contributed by atoms with Gasteiger partial charge in [-0.1, -0.05) is 30.7 Å². The van der Waals surface area contributed by atoms with Crippen LogP contribution in [0.4, 0.5) is 0 Å². The van der Waals surface area contributed by atoms with Crippen molar-refractivity contribution < 1.29 is 0 Å². The van der Waals surface area contributed by atoms with Crippen molar-refractivity contribution in [3.05, 3.63) is 34.9 Å². The van der Waals surface area contributed by atoms with Gasteiger partial charge in [0.05, 0.1) is 0 Å². The Balaban J connectivity index is 2.08. The molecule has 1 aromatic rings. The third kappa shape index (κ3) is 3.71. The SMILES string of the molecule is CCN(C1CCC(N)CC1)C(C)c1cccc(Cl)c1. The number of hydrogen-bond acceptors (Lipinski definition) is 2. The van der Waals surface area contributed by atoms with Crippen LogP contribution in [-0.2, 0) is 0 Å². The van der Waals surface area contributed by atoms with E-state index in [0.29, 0.717) is 18.1 Å². The van der Waals surface area contributed by atoms with Gasteiger partial charge < -0.3 is 5.73 Å². The molecule has 1 aliphatic carbocycles. The van der Waals surface area contributed by atoms with Crippen LogP contribution in [0.3, 0.4) is 0 Å². The van der Waals surface area contributed by atoms with E-state index in [9.17, 15) is 0 Å². The molecule has 1 atom stereocenters. The maximum atomic E-state index is 6.11. The van der Waals surface area contributed by atoms with E-state index in [1.807, 2.05) is 12.1 Å². The molecular weight excluding hydrogens is 256 g/mol. The normalized spacial score (nSPS) is 25.5. The Hall–Kier alpha value is -0.570. The van der Waals surface area contributed by atoms with Gasteiger partial charge in [-0.25, -0.2) is 0 Å². The molecule has 0 spiro atoms. The van der Waals surface area contributed by atoms with Crippen molar-refractivity contribution in [1.82, 2.24) is 4.90 Å². The summed E-state index contributed by atoms with van der Waals surface area (Å²) in [4.78, 5) is 2.59. The molecule has 2 N–H and O–H groups in total. The minimum Gasteiger partial charge on any atom is -0.328 e. The molecule has 0 aliphatic heterocycles. The highest BCUT2D eigenvalue weighted by Gasteiger charge is 2.27. The minimum absolute atomic E-state index is 0.413. The molecule has 3 heteroatoms. The van der Waals surface area contributed by atoms with E-state index >= 15 is 0 Å². The van der Waals surface area contributed by atoms with Crippen molar-refractivity contribution >= 4 is 11.6 Å². The van der Waals surface area contributed by atoms with Crippen LogP contribution in [0, 0.1) is 0 Å². The average molecular weight is 281 g/mol. The maximum absolute atomic E-state index is 6.11. The average Bonchev–Trinajstić information content (AvgIpc) is 2.41. The van der Waals surface area contributed by atoms with E-state index in [1.165, 1.54) is 18.4 Å². The highest BCUT2D eigenvalue weighted by Crippen LogP contribution is 2.30. The van der Waals surface area contributed by atoms with Gasteiger partial charge in [-0.15, -0.1) is 0 Å². The second kappa shape index (κ2) is 6.74. The van der Waals surface area contributed by atoms with Crippen LogP contribution in [0.1, 0.15) is 51.1 Å². The molecule has 1 aliphatic rings. The highest BCUT2D eigenvalue weighted by molar-refractivity contribution is 6.30. The van der Waals surface area contributed by atoms with Crippen molar-refractivity contribution in [3.8, 4) is 0 Å². The molecule has 0 radical (unpaired) electrons. The van der Waals surface area contributed by atoms with Gasteiger partial charge >= 0.3 is 0 Å². The third-order valence-corrected chi connectivity index (χ3v) is 4.64. The topological polar surface area (TPSA) is 29.3 Å². The predicted molar refractivity (Wildman–Crippen MR) is 82.5 cm³/mol. The zero-order valence-electron chi connectivity index (χ0n) is 12.0. The summed E-state index contributed by atoms with van der Waals surface area (Å²) in [7, 11) is 0. The van der Waals surface area contributed by atoms with E-state index in [1.54, 1.807) is 0 Å². The third-order valence-electron chi connectivity index (χ3n) is 4.40. The highest BCUT2D eigenvalue weighted by atomic mass is 35.5. The standard InChI is InChI=1S/C16H25ClN2/c1-3-19(16-9-7-15(18)8-10-16)12(2)13-5-4-6-14(17)11-13/h4-6,11-12,15-16H,3,7-10,18H2,1-2H3. The Morgan fingerprint density at radius 1 is 1.32 bits per heavy atom. The molecule has 0 saturated heterocycles. The molecule has 19 heavy (non-hydrogen) atoms. The van der Waals surface area contributed by atoms with Crippen LogP contribution in [0.5, 0.6) is 0 Å². The first-order valence-electron chi connectivity index (χ1n) is 7.38. The summed E-state index contributed by atoms with van der Waals surface area (Å²) in [6.45, 7) is 5.60. The molecule has 0 aromatic heterocycles. The van der Waals surface area contributed by atoms with Crippen molar-refractivity contribution in [3.63, 3.8) is 0 Å². The Bertz CT molecular complexity index is 399. The van der Waals surface area contributed by atoms with Crippen LogP contribution in [0.2, 0.25) is 5.02 Å². The van der Waals surface area contributed by atoms with Gasteiger partial charge in [0.2, 0.25) is 0 Å². The number of halogens is 1. The van der Waals surface area contributed by atoms with E-state index in [-0.39, 0.29) is 0 Å². The number of rotatable bonds is 4. The minimum atomic E-state index is 0.413. The molecule has 1 saturated carbocycles. The van der Waals surface area contributed by atoms with Crippen LogP contribution in [0.25, 0.3) is 0 Å². The summed E-state index contributed by atoms with van der Waals surface area (Å²) < 4.78 is 0. The Kier molecular flexibility index (Phi) is 5.26. The van der Waals surface area contributed by atoms with Gasteiger partial charge in [-0.05, 0) is 56.8 Å². The van der Waals surface area contributed by atoms with Crippen LogP contribution >= 0.6 is 11.6 Å². The van der Waals surface area contributed by atoms with Gasteiger partial charge in [0.15, 0.2) is 0 Å². The van der Waals surface area contributed by atoms with Gasteiger partial charge in [-0.2, -0.15) is 0 Å². The van der Waals surface area contributed by atoms with E-state index < -0.39 is 0 Å². The number of benzene rings is 1. The summed E-state index contributed by atoms with van der Waals surface area (Å²) in [5.41, 5.74) is 7.32. The van der Waals surface area contributed by atoms with Gasteiger partial charge in [0, 0.05) is 23.1 Å². The zero-order chi connectivity index (χ0) is 13.8. The van der Waals surface area contributed by atoms with Gasteiger partial charge in [0.1, 0.15) is 0 Å². The van der Waals surface area contributed by atoms with Crippen LogP contribution < -0.4 is 5.73 Å². The zero-order valence-corrected chi connectivity index (χ0v) is 12.7. The van der Waals surface area contributed by atoms with E-state index in [2.05, 4.69) is 30.9 Å². The first kappa shape index (κ1) is 14.8. The van der Waals surface area contributed by atoms with Crippen molar-refractivity contribution in [2.45, 2.75) is 57.7 Å². The van der Waals surface area contributed by atoms with E-state index in [0.717, 1.165) is 24.4 Å². The number of nitrogens with zero attached hydrogens (tertiary/aromatic N) is 1. The fraction of sp³-hybridized carbons (Fsp3) is 0.625. The second-order valence-corrected chi connectivity index (χ2v) is 6.07. The van der Waals surface area contributed by atoms with E-state index in [4.69, 9.17) is 17.3 Å². The summed E-state index contributed by atoms with van der Waals surface area (Å²) in [5.74, 6) is 0. The molecule has 0 bridgehead atoms. The summed E-state index contributed by atoms with van der Waals surface area (Å²) >= 11 is 6.11. The monoisotopic (exact) mass is 280 g/mol. The lowest BCUT2D eigenvalue weighted by molar-refractivity contribution is 0.114.